The Balaban J connectivity index is 4.39. The summed E-state index contributed by atoms with van der Waals surface area (Å²) in [6, 6.07) is 0. The zero-order valence-electron chi connectivity index (χ0n) is 8.99. The zero-order valence-corrected chi connectivity index (χ0v) is 11.0. The van der Waals surface area contributed by atoms with Gasteiger partial charge in [0, 0.05) is 0 Å². The summed E-state index contributed by atoms with van der Waals surface area (Å²) in [4.78, 5) is 0. The molecular weight excluding hydrogens is 160 g/mol. The van der Waals surface area contributed by atoms with Gasteiger partial charge in [0.05, 0.1) is 10.2 Å². The highest BCUT2D eigenvalue weighted by Gasteiger charge is 2.04. The Hall–Kier alpha value is -0.483. The van der Waals surface area contributed by atoms with E-state index < -0.39 is 0 Å². The largest absolute Gasteiger partial charge is 0.139 e. The van der Waals surface area contributed by atoms with Crippen LogP contribution in [0.1, 0.15) is 40.5 Å². The topological polar surface area (TPSA) is 0 Å². The van der Waals surface area contributed by atoms with Crippen molar-refractivity contribution < 1.29 is 0 Å². The van der Waals surface area contributed by atoms with Gasteiger partial charge in [0.25, 0.3) is 0 Å². The van der Waals surface area contributed by atoms with Gasteiger partial charge in [0.2, 0.25) is 0 Å². The van der Waals surface area contributed by atoms with E-state index in [9.17, 15) is 0 Å². The summed E-state index contributed by atoms with van der Waals surface area (Å²) in [5, 5.41) is 0. The molecule has 0 aliphatic heterocycles. The smallest absolute Gasteiger partial charge is 0.0911 e. The van der Waals surface area contributed by atoms with Crippen molar-refractivity contribution in [3.63, 3.8) is 0 Å². The third-order valence-corrected chi connectivity index (χ3v) is 2.61. The fourth-order valence-corrected chi connectivity index (χ4v) is 1.68. The standard InChI is InChI=1S/C11H20Si/c1-5-6-9(2)11(4)10(3)7-8-12/h9H,5-6H2,1-4,12H3/b11-10+/t9-/m1/s1. The lowest BCUT2D eigenvalue weighted by Crippen LogP contribution is -1.97. The summed E-state index contributed by atoms with van der Waals surface area (Å²) in [7, 11) is 0.986. The Morgan fingerprint density at radius 1 is 1.42 bits per heavy atom. The molecule has 1 heteroatoms. The van der Waals surface area contributed by atoms with Gasteiger partial charge in [-0.1, -0.05) is 31.8 Å². The molecule has 0 aromatic carbocycles. The molecule has 0 radical (unpaired) electrons. The first-order valence-corrected chi connectivity index (χ1v) is 5.73. The van der Waals surface area contributed by atoms with Crippen molar-refractivity contribution in [3.05, 3.63) is 11.1 Å². The normalized spacial score (nSPS) is 14.7. The van der Waals surface area contributed by atoms with Crippen molar-refractivity contribution in [2.24, 2.45) is 5.92 Å². The molecule has 0 aliphatic rings. The summed E-state index contributed by atoms with van der Waals surface area (Å²) in [6.07, 6.45) is 2.55. The molecule has 0 N–H and O–H groups in total. The van der Waals surface area contributed by atoms with Crippen LogP contribution in [0.15, 0.2) is 11.1 Å². The third kappa shape index (κ3) is 3.78. The summed E-state index contributed by atoms with van der Waals surface area (Å²) in [5.41, 5.74) is 5.83. The first kappa shape index (κ1) is 11.5. The van der Waals surface area contributed by atoms with Crippen LogP contribution in [0.25, 0.3) is 0 Å². The maximum Gasteiger partial charge on any atom is 0.0911 e. The minimum absolute atomic E-state index is 0.706. The molecule has 0 saturated heterocycles. The zero-order chi connectivity index (χ0) is 9.56. The average Bonchev–Trinajstić information content (AvgIpc) is 2.04. The fourth-order valence-electron chi connectivity index (χ4n) is 1.31. The van der Waals surface area contributed by atoms with E-state index in [1.807, 2.05) is 0 Å². The Kier molecular flexibility index (Phi) is 5.83. The van der Waals surface area contributed by atoms with Crippen molar-refractivity contribution in [2.75, 3.05) is 0 Å². The molecule has 0 aliphatic carbocycles. The van der Waals surface area contributed by atoms with Gasteiger partial charge < -0.3 is 0 Å². The molecule has 0 heterocycles. The Morgan fingerprint density at radius 3 is 2.42 bits per heavy atom. The number of hydrogen-bond donors (Lipinski definition) is 0. The van der Waals surface area contributed by atoms with Gasteiger partial charge in [-0.15, -0.1) is 5.54 Å². The lowest BCUT2D eigenvalue weighted by atomic mass is 9.94. The molecule has 0 aromatic heterocycles. The Morgan fingerprint density at radius 2 is 2.00 bits per heavy atom. The third-order valence-electron chi connectivity index (χ3n) is 2.36. The van der Waals surface area contributed by atoms with Gasteiger partial charge in [0.15, 0.2) is 0 Å². The summed E-state index contributed by atoms with van der Waals surface area (Å²) < 4.78 is 0. The Bertz CT molecular complexity index is 215. The summed E-state index contributed by atoms with van der Waals surface area (Å²) in [5.74, 6) is 3.88. The second kappa shape index (κ2) is 6.08. The monoisotopic (exact) mass is 180 g/mol. The molecule has 0 nitrogen and oxygen atoms in total. The lowest BCUT2D eigenvalue weighted by molar-refractivity contribution is 0.598. The fraction of sp³-hybridized carbons (Fsp3) is 0.636. The van der Waals surface area contributed by atoms with Crippen LogP contribution in [0.4, 0.5) is 0 Å². The van der Waals surface area contributed by atoms with Crippen LogP contribution < -0.4 is 0 Å². The van der Waals surface area contributed by atoms with E-state index >= 15 is 0 Å². The van der Waals surface area contributed by atoms with Gasteiger partial charge in [-0.2, -0.15) is 0 Å². The summed E-state index contributed by atoms with van der Waals surface area (Å²) in [6.45, 7) is 8.86. The van der Waals surface area contributed by atoms with Crippen LogP contribution in [0.5, 0.6) is 0 Å². The quantitative estimate of drug-likeness (QED) is 0.461. The van der Waals surface area contributed by atoms with Gasteiger partial charge in [0.1, 0.15) is 0 Å². The van der Waals surface area contributed by atoms with E-state index in [1.165, 1.54) is 24.0 Å². The first-order chi connectivity index (χ1) is 5.63. The van der Waals surface area contributed by atoms with E-state index in [-0.39, 0.29) is 0 Å². The molecule has 0 amide bonds. The van der Waals surface area contributed by atoms with Crippen LogP contribution in [-0.4, -0.2) is 10.2 Å². The summed E-state index contributed by atoms with van der Waals surface area (Å²) >= 11 is 0. The van der Waals surface area contributed by atoms with Crippen molar-refractivity contribution in [2.45, 2.75) is 40.5 Å². The highest BCUT2D eigenvalue weighted by molar-refractivity contribution is 6.22. The van der Waals surface area contributed by atoms with E-state index in [4.69, 9.17) is 0 Å². The van der Waals surface area contributed by atoms with Crippen LogP contribution in [-0.2, 0) is 0 Å². The minimum atomic E-state index is 0.706. The predicted molar refractivity (Wildman–Crippen MR) is 60.2 cm³/mol. The molecule has 68 valence electrons. The maximum absolute atomic E-state index is 3.18. The van der Waals surface area contributed by atoms with Crippen LogP contribution in [0.2, 0.25) is 0 Å². The van der Waals surface area contributed by atoms with E-state index in [2.05, 4.69) is 39.2 Å². The van der Waals surface area contributed by atoms with Crippen molar-refractivity contribution in [1.82, 2.24) is 0 Å². The van der Waals surface area contributed by atoms with Crippen LogP contribution >= 0.6 is 0 Å². The van der Waals surface area contributed by atoms with Crippen LogP contribution in [0.3, 0.4) is 0 Å². The molecule has 1 atom stereocenters. The molecule has 0 fully saturated rings. The minimum Gasteiger partial charge on any atom is -0.139 e. The van der Waals surface area contributed by atoms with E-state index in [0.717, 1.165) is 10.2 Å². The van der Waals surface area contributed by atoms with E-state index in [0.29, 0.717) is 5.92 Å². The van der Waals surface area contributed by atoms with Crippen molar-refractivity contribution >= 4 is 10.2 Å². The van der Waals surface area contributed by atoms with Crippen molar-refractivity contribution in [3.8, 4) is 11.5 Å². The molecule has 12 heavy (non-hydrogen) atoms. The van der Waals surface area contributed by atoms with Gasteiger partial charge in [-0.3, -0.25) is 0 Å². The van der Waals surface area contributed by atoms with Crippen LogP contribution in [0, 0.1) is 17.4 Å². The number of rotatable bonds is 3. The molecule has 0 unspecified atom stereocenters. The number of allylic oxidation sites excluding steroid dienone is 2. The van der Waals surface area contributed by atoms with E-state index in [1.54, 1.807) is 0 Å². The predicted octanol–water partition coefficient (Wildman–Crippen LogP) is 2.09. The highest BCUT2D eigenvalue weighted by Crippen LogP contribution is 2.18. The van der Waals surface area contributed by atoms with Crippen molar-refractivity contribution in [1.29, 1.82) is 0 Å². The maximum atomic E-state index is 3.18. The molecule has 0 spiro atoms. The molecule has 0 bridgehead atoms. The second-order valence-corrected chi connectivity index (χ2v) is 3.87. The molecular formula is C11H20Si. The first-order valence-electron chi connectivity index (χ1n) is 4.73. The molecule has 0 rings (SSSR count). The Labute approximate surface area is 79.9 Å². The average molecular weight is 180 g/mol. The van der Waals surface area contributed by atoms with Gasteiger partial charge in [-0.05, 0) is 31.8 Å². The molecule has 0 saturated carbocycles. The van der Waals surface area contributed by atoms with Gasteiger partial charge in [-0.25, -0.2) is 0 Å². The second-order valence-electron chi connectivity index (χ2n) is 3.37. The molecule has 0 aromatic rings. The van der Waals surface area contributed by atoms with Gasteiger partial charge >= 0.3 is 0 Å². The SMILES string of the molecule is CCC[C@@H](C)/C(C)=C(\C)C#C[SiH3]. The highest BCUT2D eigenvalue weighted by atomic mass is 28.1. The lowest BCUT2D eigenvalue weighted by Gasteiger charge is -2.11. The number of hydrogen-bond acceptors (Lipinski definition) is 0.